The number of allylic oxidation sites excluding steroid dienone is 1. The maximum absolute atomic E-state index is 13.7. The van der Waals surface area contributed by atoms with Crippen molar-refractivity contribution < 1.29 is 9.18 Å². The first-order chi connectivity index (χ1) is 9.88. The molecule has 4 nitrogen and oxygen atoms in total. The van der Waals surface area contributed by atoms with Gasteiger partial charge in [0.05, 0.1) is 11.6 Å². The van der Waals surface area contributed by atoms with Crippen LogP contribution >= 0.6 is 0 Å². The summed E-state index contributed by atoms with van der Waals surface area (Å²) in [6.07, 6.45) is 2.37. The number of Topliss-reactive ketones (excluding diaryl/α,β-unsaturated/α-hetero) is 1. The highest BCUT2D eigenvalue weighted by atomic mass is 19.1. The molecule has 0 aliphatic heterocycles. The number of benzene rings is 1. The summed E-state index contributed by atoms with van der Waals surface area (Å²) < 4.78 is 13.7. The molecule has 1 rings (SSSR count). The molecule has 5 heteroatoms. The van der Waals surface area contributed by atoms with Crippen LogP contribution in [0.3, 0.4) is 0 Å². The highest BCUT2D eigenvalue weighted by Gasteiger charge is 2.19. The van der Waals surface area contributed by atoms with Gasteiger partial charge in [0, 0.05) is 5.92 Å². The van der Waals surface area contributed by atoms with Gasteiger partial charge in [0.25, 0.3) is 0 Å². The van der Waals surface area contributed by atoms with E-state index >= 15 is 0 Å². The molecule has 2 atom stereocenters. The molecule has 0 amide bonds. The summed E-state index contributed by atoms with van der Waals surface area (Å²) in [6.45, 7) is 7.36. The van der Waals surface area contributed by atoms with Gasteiger partial charge in [-0.1, -0.05) is 19.9 Å². The lowest BCUT2D eigenvalue weighted by molar-refractivity contribution is -0.116. The lowest BCUT2D eigenvalue weighted by Gasteiger charge is -2.12. The Morgan fingerprint density at radius 1 is 1.57 bits per heavy atom. The molecule has 2 N–H and O–H groups in total. The number of nitriles is 1. The van der Waals surface area contributed by atoms with Crippen LogP contribution in [0.15, 0.2) is 35.8 Å². The van der Waals surface area contributed by atoms with Crippen molar-refractivity contribution in [3.63, 3.8) is 0 Å². The van der Waals surface area contributed by atoms with Gasteiger partial charge in [-0.3, -0.25) is 4.79 Å². The van der Waals surface area contributed by atoms with Crippen LogP contribution in [-0.4, -0.2) is 11.6 Å². The van der Waals surface area contributed by atoms with Gasteiger partial charge in [0.1, 0.15) is 11.5 Å². The molecule has 0 fully saturated rings. The van der Waals surface area contributed by atoms with Gasteiger partial charge in [-0.15, -0.1) is 6.58 Å². The predicted molar refractivity (Wildman–Crippen MR) is 80.5 cm³/mol. The van der Waals surface area contributed by atoms with Gasteiger partial charge in [-0.2, -0.15) is 5.26 Å². The van der Waals surface area contributed by atoms with Crippen LogP contribution in [0.25, 0.3) is 0 Å². The lowest BCUT2D eigenvalue weighted by Crippen LogP contribution is -2.29. The van der Waals surface area contributed by atoms with Crippen LogP contribution in [0, 0.1) is 29.0 Å². The number of halogens is 1. The monoisotopic (exact) mass is 287 g/mol. The van der Waals surface area contributed by atoms with Crippen LogP contribution in [0.1, 0.15) is 25.8 Å². The standard InChI is InChI=1S/C16H18FN3O/c1-4-10(2)7-11(3)15(21)16(19)20-14-6-5-12(9-18)8-13(14)17/h4-6,8,10-11H,1,7H2,2-3H3,(H2,19,20). The van der Waals surface area contributed by atoms with Crippen molar-refractivity contribution in [1.82, 2.24) is 0 Å². The maximum Gasteiger partial charge on any atom is 0.200 e. The van der Waals surface area contributed by atoms with Crippen molar-refractivity contribution in [2.24, 2.45) is 22.6 Å². The summed E-state index contributed by atoms with van der Waals surface area (Å²) in [6, 6.07) is 5.62. The van der Waals surface area contributed by atoms with Gasteiger partial charge in [0.2, 0.25) is 0 Å². The smallest absolute Gasteiger partial charge is 0.200 e. The molecule has 0 saturated carbocycles. The van der Waals surface area contributed by atoms with Crippen LogP contribution < -0.4 is 5.73 Å². The molecule has 1 aromatic rings. The van der Waals surface area contributed by atoms with Gasteiger partial charge >= 0.3 is 0 Å². The Morgan fingerprint density at radius 2 is 2.24 bits per heavy atom. The average Bonchev–Trinajstić information content (AvgIpc) is 2.47. The second-order valence-electron chi connectivity index (χ2n) is 4.99. The molecule has 2 unspecified atom stereocenters. The van der Waals surface area contributed by atoms with E-state index in [1.165, 1.54) is 12.1 Å². The summed E-state index contributed by atoms with van der Waals surface area (Å²) in [5.74, 6) is -1.38. The number of carbonyl (C=O) groups is 1. The number of carbonyl (C=O) groups excluding carboxylic acids is 1. The van der Waals surface area contributed by atoms with Gasteiger partial charge in [0.15, 0.2) is 11.6 Å². The molecule has 0 spiro atoms. The Kier molecular flexibility index (Phi) is 5.79. The summed E-state index contributed by atoms with van der Waals surface area (Å²) in [5.41, 5.74) is 5.78. The maximum atomic E-state index is 13.7. The zero-order chi connectivity index (χ0) is 16.0. The van der Waals surface area contributed by atoms with E-state index in [-0.39, 0.29) is 34.7 Å². The second-order valence-corrected chi connectivity index (χ2v) is 4.99. The number of ketones is 1. The predicted octanol–water partition coefficient (Wildman–Crippen LogP) is 3.10. The Morgan fingerprint density at radius 3 is 2.76 bits per heavy atom. The minimum atomic E-state index is -0.683. The second kappa shape index (κ2) is 7.34. The van der Waals surface area contributed by atoms with Crippen molar-refractivity contribution in [1.29, 1.82) is 5.26 Å². The molecule has 0 aliphatic carbocycles. The van der Waals surface area contributed by atoms with Crippen molar-refractivity contribution in [2.75, 3.05) is 0 Å². The van der Waals surface area contributed by atoms with Crippen LogP contribution in [0.5, 0.6) is 0 Å². The molecule has 0 bridgehead atoms. The molecule has 1 aromatic carbocycles. The van der Waals surface area contributed by atoms with Crippen molar-refractivity contribution in [3.05, 3.63) is 42.2 Å². The largest absolute Gasteiger partial charge is 0.381 e. The number of amidine groups is 1. The van der Waals surface area contributed by atoms with Crippen LogP contribution in [0.2, 0.25) is 0 Å². The fourth-order valence-corrected chi connectivity index (χ4v) is 1.87. The zero-order valence-corrected chi connectivity index (χ0v) is 12.1. The highest BCUT2D eigenvalue weighted by Crippen LogP contribution is 2.20. The summed E-state index contributed by atoms with van der Waals surface area (Å²) >= 11 is 0. The minimum Gasteiger partial charge on any atom is -0.381 e. The topological polar surface area (TPSA) is 79.2 Å². The molecule has 0 saturated heterocycles. The van der Waals surface area contributed by atoms with E-state index in [1.54, 1.807) is 13.0 Å². The lowest BCUT2D eigenvalue weighted by atomic mass is 9.93. The highest BCUT2D eigenvalue weighted by molar-refractivity contribution is 6.39. The summed E-state index contributed by atoms with van der Waals surface area (Å²) in [7, 11) is 0. The molecular formula is C16H18FN3O. The number of nitrogens with zero attached hydrogens (tertiary/aromatic N) is 2. The first-order valence-electron chi connectivity index (χ1n) is 6.59. The molecule has 0 heterocycles. The van der Waals surface area contributed by atoms with E-state index < -0.39 is 5.82 Å². The quantitative estimate of drug-likeness (QED) is 0.496. The van der Waals surface area contributed by atoms with Gasteiger partial charge < -0.3 is 5.73 Å². The van der Waals surface area contributed by atoms with Crippen molar-refractivity contribution >= 4 is 17.3 Å². The molecule has 0 aliphatic rings. The van der Waals surface area contributed by atoms with Crippen molar-refractivity contribution in [3.8, 4) is 6.07 Å². The molecule has 0 aromatic heterocycles. The summed E-state index contributed by atoms with van der Waals surface area (Å²) in [5, 5.41) is 8.66. The number of rotatable bonds is 6. The first-order valence-corrected chi connectivity index (χ1v) is 6.59. The van der Waals surface area contributed by atoms with Crippen LogP contribution in [0.4, 0.5) is 10.1 Å². The Labute approximate surface area is 123 Å². The van der Waals surface area contributed by atoms with E-state index in [0.717, 1.165) is 6.07 Å². The molecular weight excluding hydrogens is 269 g/mol. The summed E-state index contributed by atoms with van der Waals surface area (Å²) in [4.78, 5) is 15.9. The first kappa shape index (κ1) is 16.6. The Hall–Kier alpha value is -2.48. The number of aliphatic imine (C=N–C) groups is 1. The third-order valence-corrected chi connectivity index (χ3v) is 3.15. The number of hydrogen-bond acceptors (Lipinski definition) is 3. The van der Waals surface area contributed by atoms with Crippen molar-refractivity contribution in [2.45, 2.75) is 20.3 Å². The van der Waals surface area contributed by atoms with Gasteiger partial charge in [-0.25, -0.2) is 9.38 Å². The van der Waals surface area contributed by atoms with E-state index in [9.17, 15) is 9.18 Å². The zero-order valence-electron chi connectivity index (χ0n) is 12.1. The molecule has 0 radical (unpaired) electrons. The fraction of sp³-hybridized carbons (Fsp3) is 0.312. The SMILES string of the molecule is C=CC(C)CC(C)C(=O)C(N)=Nc1ccc(C#N)cc1F. The molecule has 21 heavy (non-hydrogen) atoms. The number of hydrogen-bond donors (Lipinski definition) is 1. The van der Waals surface area contributed by atoms with E-state index in [4.69, 9.17) is 11.0 Å². The number of nitrogens with two attached hydrogens (primary N) is 1. The van der Waals surface area contributed by atoms with Gasteiger partial charge in [-0.05, 0) is 30.5 Å². The van der Waals surface area contributed by atoms with E-state index in [0.29, 0.717) is 6.42 Å². The minimum absolute atomic E-state index is 0.0520. The van der Waals surface area contributed by atoms with E-state index in [1.807, 2.05) is 13.0 Å². The fourth-order valence-electron chi connectivity index (χ4n) is 1.87. The third kappa shape index (κ3) is 4.53. The molecule has 110 valence electrons. The Bertz CT molecular complexity index is 616. The Balaban J connectivity index is 2.92. The normalized spacial score (nSPS) is 14.1. The third-order valence-electron chi connectivity index (χ3n) is 3.15. The van der Waals surface area contributed by atoms with E-state index in [2.05, 4.69) is 11.6 Å². The van der Waals surface area contributed by atoms with Crippen LogP contribution in [-0.2, 0) is 4.79 Å². The average molecular weight is 287 g/mol.